The van der Waals surface area contributed by atoms with E-state index in [2.05, 4.69) is 33.8 Å². The Morgan fingerprint density at radius 3 is 2.23 bits per heavy atom. The van der Waals surface area contributed by atoms with Gasteiger partial charge in [0.25, 0.3) is 0 Å². The van der Waals surface area contributed by atoms with Gasteiger partial charge >= 0.3 is 0 Å². The van der Waals surface area contributed by atoms with Gasteiger partial charge in [-0.15, -0.1) is 0 Å². The minimum absolute atomic E-state index is 0.0990. The van der Waals surface area contributed by atoms with Crippen LogP contribution < -0.4 is 0 Å². The Labute approximate surface area is 134 Å². The van der Waals surface area contributed by atoms with E-state index < -0.39 is 0 Å². The smallest absolute Gasteiger partial charge is 0.126 e. The number of carbonyl (C=O) groups is 1. The number of aromatic hydroxyl groups is 1. The number of phenolic OH excluding ortho intramolecular Hbond substituents is 1. The van der Waals surface area contributed by atoms with Crippen molar-refractivity contribution in [3.63, 3.8) is 0 Å². The van der Waals surface area contributed by atoms with Crippen LogP contribution in [0.15, 0.2) is 6.07 Å². The van der Waals surface area contributed by atoms with Crippen molar-refractivity contribution in [1.82, 2.24) is 0 Å². The highest BCUT2D eigenvalue weighted by Crippen LogP contribution is 2.41. The second-order valence-corrected chi connectivity index (χ2v) is 8.15. The standard InChI is InChI=1S/C20H30O2/c1-14-15(2)18(22)17(19(3,4)5)11-16(14)12-20(13-21)9-7-6-8-10-20/h11,13,22H,6-10,12H2,1-5H3. The SMILES string of the molecule is Cc1c(CC2(C=O)CCCCC2)cc(C(C)(C)C)c(O)c1C. The molecule has 0 heterocycles. The van der Waals surface area contributed by atoms with Crippen LogP contribution in [-0.4, -0.2) is 11.4 Å². The molecule has 2 heteroatoms. The summed E-state index contributed by atoms with van der Waals surface area (Å²) in [7, 11) is 0. The molecule has 0 spiro atoms. The second kappa shape index (κ2) is 6.06. The van der Waals surface area contributed by atoms with E-state index in [-0.39, 0.29) is 10.8 Å². The Kier molecular flexibility index (Phi) is 4.70. The number of hydrogen-bond donors (Lipinski definition) is 1. The Balaban J connectivity index is 2.46. The molecule has 122 valence electrons. The molecule has 2 nitrogen and oxygen atoms in total. The molecule has 0 unspecified atom stereocenters. The van der Waals surface area contributed by atoms with Gasteiger partial charge in [0, 0.05) is 5.41 Å². The van der Waals surface area contributed by atoms with Crippen molar-refractivity contribution in [2.45, 2.75) is 78.6 Å². The lowest BCUT2D eigenvalue weighted by atomic mass is 9.70. The number of benzene rings is 1. The third-order valence-electron chi connectivity index (χ3n) is 5.42. The topological polar surface area (TPSA) is 37.3 Å². The first-order valence-corrected chi connectivity index (χ1v) is 8.49. The van der Waals surface area contributed by atoms with Crippen LogP contribution >= 0.6 is 0 Å². The Bertz CT molecular complexity index is 558. The molecule has 1 saturated carbocycles. The number of aldehydes is 1. The first-order valence-electron chi connectivity index (χ1n) is 8.49. The minimum atomic E-state index is -0.193. The highest BCUT2D eigenvalue weighted by Gasteiger charge is 2.33. The minimum Gasteiger partial charge on any atom is -0.507 e. The zero-order chi connectivity index (χ0) is 16.5. The van der Waals surface area contributed by atoms with Gasteiger partial charge in [0.15, 0.2) is 0 Å². The number of hydrogen-bond acceptors (Lipinski definition) is 2. The van der Waals surface area contributed by atoms with E-state index >= 15 is 0 Å². The van der Waals surface area contributed by atoms with Gasteiger partial charge in [0.2, 0.25) is 0 Å². The number of rotatable bonds is 3. The summed E-state index contributed by atoms with van der Waals surface area (Å²) < 4.78 is 0. The predicted molar refractivity (Wildman–Crippen MR) is 91.6 cm³/mol. The third-order valence-corrected chi connectivity index (χ3v) is 5.42. The summed E-state index contributed by atoms with van der Waals surface area (Å²) in [5.74, 6) is 0.414. The van der Waals surface area contributed by atoms with Crippen molar-refractivity contribution in [3.05, 3.63) is 28.3 Å². The fraction of sp³-hybridized carbons (Fsp3) is 0.650. The van der Waals surface area contributed by atoms with E-state index in [0.29, 0.717) is 5.75 Å². The van der Waals surface area contributed by atoms with Crippen LogP contribution in [0.25, 0.3) is 0 Å². The van der Waals surface area contributed by atoms with Gasteiger partial charge in [-0.2, -0.15) is 0 Å². The zero-order valence-electron chi connectivity index (χ0n) is 14.8. The van der Waals surface area contributed by atoms with Crippen molar-refractivity contribution in [2.75, 3.05) is 0 Å². The van der Waals surface area contributed by atoms with Gasteiger partial charge in [-0.1, -0.05) is 46.1 Å². The third kappa shape index (κ3) is 3.21. The summed E-state index contributed by atoms with van der Waals surface area (Å²) in [6.07, 6.45) is 7.57. The molecule has 1 aromatic carbocycles. The molecule has 1 N–H and O–H groups in total. The van der Waals surface area contributed by atoms with E-state index in [4.69, 9.17) is 0 Å². The Morgan fingerprint density at radius 1 is 1.14 bits per heavy atom. The molecule has 1 aliphatic carbocycles. The molecule has 0 bridgehead atoms. The van der Waals surface area contributed by atoms with Crippen LogP contribution in [0.3, 0.4) is 0 Å². The summed E-state index contributed by atoms with van der Waals surface area (Å²) in [6, 6.07) is 2.14. The van der Waals surface area contributed by atoms with E-state index in [9.17, 15) is 9.90 Å². The van der Waals surface area contributed by atoms with Crippen LogP contribution in [0.5, 0.6) is 5.75 Å². The molecule has 1 fully saturated rings. The van der Waals surface area contributed by atoms with E-state index in [0.717, 1.165) is 48.8 Å². The molecule has 0 aliphatic heterocycles. The molecule has 0 amide bonds. The lowest BCUT2D eigenvalue weighted by Crippen LogP contribution is -2.29. The maximum atomic E-state index is 11.8. The fourth-order valence-corrected chi connectivity index (χ4v) is 3.70. The van der Waals surface area contributed by atoms with Gasteiger partial charge in [-0.25, -0.2) is 0 Å². The predicted octanol–water partition coefficient (Wildman–Crippen LogP) is 5.00. The van der Waals surface area contributed by atoms with Crippen LogP contribution in [0, 0.1) is 19.3 Å². The molecule has 2 rings (SSSR count). The highest BCUT2D eigenvalue weighted by atomic mass is 16.3. The first-order chi connectivity index (χ1) is 10.2. The van der Waals surface area contributed by atoms with Crippen molar-refractivity contribution >= 4 is 6.29 Å². The van der Waals surface area contributed by atoms with Crippen LogP contribution in [-0.2, 0) is 16.6 Å². The second-order valence-electron chi connectivity index (χ2n) is 8.15. The Hall–Kier alpha value is -1.31. The highest BCUT2D eigenvalue weighted by molar-refractivity contribution is 5.61. The molecular formula is C20H30O2. The van der Waals surface area contributed by atoms with Gasteiger partial charge in [0.05, 0.1) is 0 Å². The average molecular weight is 302 g/mol. The molecule has 1 aromatic rings. The van der Waals surface area contributed by atoms with E-state index in [1.54, 1.807) is 0 Å². The van der Waals surface area contributed by atoms with Crippen LogP contribution in [0.1, 0.15) is 75.1 Å². The molecule has 22 heavy (non-hydrogen) atoms. The maximum absolute atomic E-state index is 11.8. The maximum Gasteiger partial charge on any atom is 0.126 e. The van der Waals surface area contributed by atoms with Gasteiger partial charge in [0.1, 0.15) is 12.0 Å². The van der Waals surface area contributed by atoms with Crippen molar-refractivity contribution < 1.29 is 9.90 Å². The molecule has 1 aliphatic rings. The molecule has 0 radical (unpaired) electrons. The van der Waals surface area contributed by atoms with Crippen LogP contribution in [0.4, 0.5) is 0 Å². The van der Waals surface area contributed by atoms with Gasteiger partial charge < -0.3 is 9.90 Å². The first kappa shape index (κ1) is 17.1. The summed E-state index contributed by atoms with van der Waals surface area (Å²) in [6.45, 7) is 10.4. The largest absolute Gasteiger partial charge is 0.507 e. The van der Waals surface area contributed by atoms with Crippen molar-refractivity contribution in [3.8, 4) is 5.75 Å². The summed E-state index contributed by atoms with van der Waals surface area (Å²) in [5.41, 5.74) is 4.02. The molecule has 0 atom stereocenters. The summed E-state index contributed by atoms with van der Waals surface area (Å²) >= 11 is 0. The number of carbonyl (C=O) groups excluding carboxylic acids is 1. The van der Waals surface area contributed by atoms with Gasteiger partial charge in [-0.05, 0) is 60.8 Å². The van der Waals surface area contributed by atoms with E-state index in [1.807, 2.05) is 6.92 Å². The quantitative estimate of drug-likeness (QED) is 0.798. The van der Waals surface area contributed by atoms with Crippen LogP contribution in [0.2, 0.25) is 0 Å². The van der Waals surface area contributed by atoms with E-state index in [1.165, 1.54) is 18.3 Å². The number of phenols is 1. The van der Waals surface area contributed by atoms with Gasteiger partial charge in [-0.3, -0.25) is 0 Å². The monoisotopic (exact) mass is 302 g/mol. The molecule has 0 aromatic heterocycles. The van der Waals surface area contributed by atoms with Crippen molar-refractivity contribution in [2.24, 2.45) is 5.41 Å². The summed E-state index contributed by atoms with van der Waals surface area (Å²) in [5, 5.41) is 10.5. The lowest BCUT2D eigenvalue weighted by Gasteiger charge is -2.33. The average Bonchev–Trinajstić information content (AvgIpc) is 2.47. The van der Waals surface area contributed by atoms with Crippen molar-refractivity contribution in [1.29, 1.82) is 0 Å². The summed E-state index contributed by atoms with van der Waals surface area (Å²) in [4.78, 5) is 11.8. The Morgan fingerprint density at radius 2 is 1.73 bits per heavy atom. The molecular weight excluding hydrogens is 272 g/mol. The lowest BCUT2D eigenvalue weighted by molar-refractivity contribution is -0.117. The normalized spacial score (nSPS) is 18.2. The fourth-order valence-electron chi connectivity index (χ4n) is 3.70. The molecule has 0 saturated heterocycles. The zero-order valence-corrected chi connectivity index (χ0v) is 14.8.